The van der Waals surface area contributed by atoms with Gasteiger partial charge in [-0.1, -0.05) is 0 Å². The second-order valence-corrected chi connectivity index (χ2v) is 6.73. The van der Waals surface area contributed by atoms with Gasteiger partial charge in [0.25, 0.3) is 0 Å². The molecule has 1 unspecified atom stereocenters. The van der Waals surface area contributed by atoms with Gasteiger partial charge in [0.2, 0.25) is 0 Å². The van der Waals surface area contributed by atoms with Gasteiger partial charge < -0.3 is 18.5 Å². The molecule has 108 valence electrons. The second-order valence-electron chi connectivity index (χ2n) is 5.60. The molecule has 18 heavy (non-hydrogen) atoms. The van der Waals surface area contributed by atoms with Crippen molar-refractivity contribution in [3.8, 4) is 0 Å². The number of likely N-dealkylation sites (tertiary alicyclic amines) is 1. The Morgan fingerprint density at radius 3 is 2.28 bits per heavy atom. The molecular formula is C13H28NO3P. The summed E-state index contributed by atoms with van der Waals surface area (Å²) >= 11 is 0. The fourth-order valence-electron chi connectivity index (χ4n) is 2.01. The standard InChI is InChI=1S/C13H28NO3P/c1-11(2)16-18(17-12(3)4)15-10-13-7-6-8-14(5)9-13/h11-13H,6-10H2,1-5H3. The fraction of sp³-hybridized carbons (Fsp3) is 1.00. The van der Waals surface area contributed by atoms with Gasteiger partial charge in [0, 0.05) is 6.54 Å². The Bertz CT molecular complexity index is 216. The van der Waals surface area contributed by atoms with Crippen LogP contribution in [0.4, 0.5) is 0 Å². The molecule has 0 N–H and O–H groups in total. The van der Waals surface area contributed by atoms with Crippen LogP contribution in [0.2, 0.25) is 0 Å². The minimum Gasteiger partial charge on any atom is -0.312 e. The Morgan fingerprint density at radius 2 is 1.78 bits per heavy atom. The quantitative estimate of drug-likeness (QED) is 0.667. The van der Waals surface area contributed by atoms with Gasteiger partial charge in [0.1, 0.15) is 0 Å². The van der Waals surface area contributed by atoms with Crippen LogP contribution in [0.15, 0.2) is 0 Å². The van der Waals surface area contributed by atoms with Gasteiger partial charge in [-0.25, -0.2) is 0 Å². The lowest BCUT2D eigenvalue weighted by atomic mass is 10.00. The molecule has 0 bridgehead atoms. The van der Waals surface area contributed by atoms with Crippen LogP contribution in [0, 0.1) is 5.92 Å². The molecule has 1 aliphatic rings. The highest BCUT2D eigenvalue weighted by Crippen LogP contribution is 2.43. The van der Waals surface area contributed by atoms with E-state index in [0.717, 1.165) is 13.2 Å². The molecule has 0 spiro atoms. The lowest BCUT2D eigenvalue weighted by Gasteiger charge is -2.30. The third-order valence-corrected chi connectivity index (χ3v) is 4.28. The summed E-state index contributed by atoms with van der Waals surface area (Å²) in [5.74, 6) is 0.611. The molecule has 0 saturated carbocycles. The Hall–Kier alpha value is 0.270. The third-order valence-electron chi connectivity index (χ3n) is 2.73. The molecule has 0 aromatic rings. The molecule has 0 radical (unpaired) electrons. The average molecular weight is 277 g/mol. The van der Waals surface area contributed by atoms with Gasteiger partial charge in [0.05, 0.1) is 18.8 Å². The predicted molar refractivity (Wildman–Crippen MR) is 75.5 cm³/mol. The van der Waals surface area contributed by atoms with E-state index in [1.165, 1.54) is 19.4 Å². The van der Waals surface area contributed by atoms with E-state index >= 15 is 0 Å². The van der Waals surface area contributed by atoms with Crippen LogP contribution in [0.25, 0.3) is 0 Å². The molecule has 1 fully saturated rings. The predicted octanol–water partition coefficient (Wildman–Crippen LogP) is 3.42. The van der Waals surface area contributed by atoms with Crippen molar-refractivity contribution in [3.05, 3.63) is 0 Å². The van der Waals surface area contributed by atoms with Crippen LogP contribution in [0.5, 0.6) is 0 Å². The molecule has 0 amide bonds. The van der Waals surface area contributed by atoms with Gasteiger partial charge in [0.15, 0.2) is 0 Å². The summed E-state index contributed by atoms with van der Waals surface area (Å²) in [6.07, 6.45) is 2.79. The first-order valence-corrected chi connectivity index (χ1v) is 8.02. The van der Waals surface area contributed by atoms with E-state index in [2.05, 4.69) is 11.9 Å². The zero-order chi connectivity index (χ0) is 13.5. The van der Waals surface area contributed by atoms with Crippen molar-refractivity contribution in [2.75, 3.05) is 26.7 Å². The summed E-state index contributed by atoms with van der Waals surface area (Å²) in [6, 6.07) is 0. The first-order chi connectivity index (χ1) is 8.47. The smallest absolute Gasteiger partial charge is 0.312 e. The second kappa shape index (κ2) is 8.44. The average Bonchev–Trinajstić information content (AvgIpc) is 2.24. The monoisotopic (exact) mass is 277 g/mol. The summed E-state index contributed by atoms with van der Waals surface area (Å²) in [4.78, 5) is 2.37. The van der Waals surface area contributed by atoms with Crippen molar-refractivity contribution >= 4 is 8.60 Å². The van der Waals surface area contributed by atoms with Crippen LogP contribution in [-0.2, 0) is 13.6 Å². The van der Waals surface area contributed by atoms with Crippen LogP contribution in [0.1, 0.15) is 40.5 Å². The normalized spacial score (nSPS) is 22.3. The third kappa shape index (κ3) is 7.01. The number of nitrogens with zero attached hydrogens (tertiary/aromatic N) is 1. The summed E-state index contributed by atoms with van der Waals surface area (Å²) in [5, 5.41) is 0. The van der Waals surface area contributed by atoms with Crippen molar-refractivity contribution < 1.29 is 13.6 Å². The van der Waals surface area contributed by atoms with Crippen molar-refractivity contribution in [1.82, 2.24) is 4.90 Å². The first-order valence-electron chi connectivity index (χ1n) is 6.92. The van der Waals surface area contributed by atoms with Gasteiger partial charge in [-0.2, -0.15) is 0 Å². The summed E-state index contributed by atoms with van der Waals surface area (Å²) in [7, 11) is 0.974. The summed E-state index contributed by atoms with van der Waals surface area (Å²) in [6.45, 7) is 11.1. The summed E-state index contributed by atoms with van der Waals surface area (Å²) < 4.78 is 17.2. The zero-order valence-electron chi connectivity index (χ0n) is 12.4. The molecule has 0 aromatic heterocycles. The Kier molecular flexibility index (Phi) is 7.66. The Labute approximate surface area is 113 Å². The molecule has 0 aromatic carbocycles. The molecular weight excluding hydrogens is 249 g/mol. The number of piperidine rings is 1. The molecule has 1 atom stereocenters. The largest absolute Gasteiger partial charge is 0.333 e. The lowest BCUT2D eigenvalue weighted by Crippen LogP contribution is -2.34. The van der Waals surface area contributed by atoms with E-state index in [4.69, 9.17) is 13.6 Å². The highest BCUT2D eigenvalue weighted by molar-refractivity contribution is 7.41. The molecule has 0 aliphatic carbocycles. The maximum absolute atomic E-state index is 5.85. The first kappa shape index (κ1) is 16.3. The van der Waals surface area contributed by atoms with Gasteiger partial charge in [-0.05, 0) is 60.0 Å². The maximum atomic E-state index is 5.85. The van der Waals surface area contributed by atoms with Crippen molar-refractivity contribution in [2.45, 2.75) is 52.7 Å². The molecule has 4 nitrogen and oxygen atoms in total. The van der Waals surface area contributed by atoms with E-state index in [9.17, 15) is 0 Å². The van der Waals surface area contributed by atoms with Gasteiger partial charge in [-0.3, -0.25) is 0 Å². The fourth-order valence-corrected chi connectivity index (χ4v) is 3.20. The summed E-state index contributed by atoms with van der Waals surface area (Å²) in [5.41, 5.74) is 0. The Morgan fingerprint density at radius 1 is 1.17 bits per heavy atom. The minimum atomic E-state index is -1.20. The van der Waals surface area contributed by atoms with E-state index < -0.39 is 8.60 Å². The van der Waals surface area contributed by atoms with Gasteiger partial charge >= 0.3 is 8.60 Å². The zero-order valence-corrected chi connectivity index (χ0v) is 13.3. The van der Waals surface area contributed by atoms with Crippen molar-refractivity contribution in [1.29, 1.82) is 0 Å². The Balaban J connectivity index is 2.30. The molecule has 1 rings (SSSR count). The SMILES string of the molecule is CC(C)OP(OCC1CCCN(C)C1)OC(C)C. The van der Waals surface area contributed by atoms with Crippen LogP contribution < -0.4 is 0 Å². The number of hydrogen-bond donors (Lipinski definition) is 0. The molecule has 1 heterocycles. The van der Waals surface area contributed by atoms with Gasteiger partial charge in [-0.15, -0.1) is 0 Å². The van der Waals surface area contributed by atoms with E-state index in [-0.39, 0.29) is 12.2 Å². The lowest BCUT2D eigenvalue weighted by molar-refractivity contribution is 0.0862. The molecule has 1 saturated heterocycles. The van der Waals surface area contributed by atoms with Crippen molar-refractivity contribution in [3.63, 3.8) is 0 Å². The van der Waals surface area contributed by atoms with Crippen LogP contribution in [-0.4, -0.2) is 43.9 Å². The van der Waals surface area contributed by atoms with Crippen LogP contribution in [0.3, 0.4) is 0 Å². The van der Waals surface area contributed by atoms with E-state index in [1.807, 2.05) is 27.7 Å². The number of hydrogen-bond acceptors (Lipinski definition) is 4. The maximum Gasteiger partial charge on any atom is 0.333 e. The minimum absolute atomic E-state index is 0.142. The molecule has 5 heteroatoms. The highest BCUT2D eigenvalue weighted by Gasteiger charge is 2.22. The van der Waals surface area contributed by atoms with E-state index in [1.54, 1.807) is 0 Å². The molecule has 1 aliphatic heterocycles. The topological polar surface area (TPSA) is 30.9 Å². The van der Waals surface area contributed by atoms with Crippen molar-refractivity contribution in [2.24, 2.45) is 5.92 Å². The number of rotatable bonds is 7. The van der Waals surface area contributed by atoms with E-state index in [0.29, 0.717) is 5.92 Å². The highest BCUT2D eigenvalue weighted by atomic mass is 31.2. The van der Waals surface area contributed by atoms with Crippen LogP contribution >= 0.6 is 8.60 Å².